The number of carboxylic acids is 1. The van der Waals surface area contributed by atoms with Crippen molar-refractivity contribution in [2.24, 2.45) is 0 Å². The van der Waals surface area contributed by atoms with Crippen LogP contribution >= 0.6 is 0 Å². The fraction of sp³-hybridized carbons (Fsp3) is 0.269. The molecule has 1 fully saturated rings. The summed E-state index contributed by atoms with van der Waals surface area (Å²) in [5.41, 5.74) is 4.47. The third kappa shape index (κ3) is 5.01. The molecule has 1 saturated heterocycles. The minimum absolute atomic E-state index is 0.0290. The molecule has 2 atom stereocenters. The summed E-state index contributed by atoms with van der Waals surface area (Å²) < 4.78 is 13.6. The van der Waals surface area contributed by atoms with Crippen LogP contribution in [0.2, 0.25) is 0 Å². The van der Waals surface area contributed by atoms with E-state index in [1.807, 2.05) is 35.2 Å². The lowest BCUT2D eigenvalue weighted by Crippen LogP contribution is -2.54. The van der Waals surface area contributed by atoms with Gasteiger partial charge < -0.3 is 5.11 Å². The Hall–Kier alpha value is -3.02. The second-order valence-corrected chi connectivity index (χ2v) is 8.15. The van der Waals surface area contributed by atoms with Crippen molar-refractivity contribution in [3.63, 3.8) is 0 Å². The van der Waals surface area contributed by atoms with E-state index in [1.165, 1.54) is 12.1 Å². The molecule has 0 spiro atoms. The first-order valence-electron chi connectivity index (χ1n) is 10.6. The number of piperazine rings is 1. The zero-order valence-corrected chi connectivity index (χ0v) is 17.6. The molecule has 0 aliphatic carbocycles. The van der Waals surface area contributed by atoms with E-state index in [1.54, 1.807) is 0 Å². The topological polar surface area (TPSA) is 43.8 Å². The maximum atomic E-state index is 13.6. The molecular weight excluding hydrogens is 391 g/mol. The van der Waals surface area contributed by atoms with Crippen LogP contribution in [0.4, 0.5) is 4.39 Å². The Balaban J connectivity index is 1.68. The predicted molar refractivity (Wildman–Crippen MR) is 120 cm³/mol. The van der Waals surface area contributed by atoms with Gasteiger partial charge in [-0.3, -0.25) is 14.6 Å². The van der Waals surface area contributed by atoms with E-state index >= 15 is 0 Å². The van der Waals surface area contributed by atoms with Crippen LogP contribution in [0.3, 0.4) is 0 Å². The molecule has 4 rings (SSSR count). The highest BCUT2D eigenvalue weighted by molar-refractivity contribution is 5.69. The third-order valence-corrected chi connectivity index (χ3v) is 6.00. The van der Waals surface area contributed by atoms with Crippen molar-refractivity contribution < 1.29 is 14.3 Å². The maximum absolute atomic E-state index is 13.6. The average Bonchev–Trinajstić information content (AvgIpc) is 2.78. The van der Waals surface area contributed by atoms with Crippen LogP contribution in [0, 0.1) is 5.82 Å². The van der Waals surface area contributed by atoms with Crippen LogP contribution in [0.25, 0.3) is 11.1 Å². The Kier molecular flexibility index (Phi) is 6.44. The van der Waals surface area contributed by atoms with Gasteiger partial charge in [0.15, 0.2) is 0 Å². The normalized spacial score (nSPS) is 18.6. The minimum atomic E-state index is -0.800. The van der Waals surface area contributed by atoms with Crippen LogP contribution < -0.4 is 0 Å². The van der Waals surface area contributed by atoms with Gasteiger partial charge in [0.25, 0.3) is 0 Å². The SMILES string of the molecule is CC1CN([C@H](c2ccc(F)cc2)c2cccc(-c3ccccc3)c2)CCN1CC(=O)O. The zero-order chi connectivity index (χ0) is 21.8. The first kappa shape index (κ1) is 21.2. The first-order chi connectivity index (χ1) is 15.0. The molecule has 3 aromatic rings. The highest BCUT2D eigenvalue weighted by atomic mass is 19.1. The van der Waals surface area contributed by atoms with Gasteiger partial charge in [-0.15, -0.1) is 0 Å². The highest BCUT2D eigenvalue weighted by Crippen LogP contribution is 2.33. The molecule has 0 aromatic heterocycles. The van der Waals surface area contributed by atoms with E-state index < -0.39 is 5.97 Å². The van der Waals surface area contributed by atoms with Crippen molar-refractivity contribution in [1.82, 2.24) is 9.80 Å². The standard InChI is InChI=1S/C26H27FN2O2/c1-19-17-29(15-14-28(19)18-25(30)31)26(21-10-12-24(27)13-11-21)23-9-5-8-22(16-23)20-6-3-2-4-7-20/h2-13,16,19,26H,14-15,17-18H2,1H3,(H,30,31)/t19?,26-/m1/s1. The third-order valence-electron chi connectivity index (χ3n) is 6.00. The summed E-state index contributed by atoms with van der Waals surface area (Å²) in [6.07, 6.45) is 0. The van der Waals surface area contributed by atoms with Crippen LogP contribution in [0.1, 0.15) is 24.1 Å². The van der Waals surface area contributed by atoms with E-state index in [-0.39, 0.29) is 24.4 Å². The Morgan fingerprint density at radius 1 is 0.968 bits per heavy atom. The van der Waals surface area contributed by atoms with Gasteiger partial charge in [-0.25, -0.2) is 4.39 Å². The van der Waals surface area contributed by atoms with Gasteiger partial charge in [0, 0.05) is 25.7 Å². The average molecular weight is 419 g/mol. The number of halogens is 1. The maximum Gasteiger partial charge on any atom is 0.317 e. The number of benzene rings is 3. The van der Waals surface area contributed by atoms with Gasteiger partial charge in [-0.1, -0.05) is 60.7 Å². The van der Waals surface area contributed by atoms with E-state index in [4.69, 9.17) is 0 Å². The molecule has 1 aliphatic rings. The molecule has 3 aromatic carbocycles. The van der Waals surface area contributed by atoms with E-state index in [2.05, 4.69) is 48.2 Å². The van der Waals surface area contributed by atoms with Gasteiger partial charge in [0.2, 0.25) is 0 Å². The number of rotatable bonds is 6. The summed E-state index contributed by atoms with van der Waals surface area (Å²) in [5.74, 6) is -1.05. The lowest BCUT2D eigenvalue weighted by molar-refractivity contribution is -0.139. The number of carboxylic acid groups (broad SMARTS) is 1. The quantitative estimate of drug-likeness (QED) is 0.632. The Morgan fingerprint density at radius 3 is 2.35 bits per heavy atom. The van der Waals surface area contributed by atoms with Gasteiger partial charge in [-0.2, -0.15) is 0 Å². The van der Waals surface area contributed by atoms with Crippen molar-refractivity contribution in [2.75, 3.05) is 26.2 Å². The number of nitrogens with zero attached hydrogens (tertiary/aromatic N) is 2. The lowest BCUT2D eigenvalue weighted by atomic mass is 9.93. The molecule has 0 radical (unpaired) electrons. The van der Waals surface area contributed by atoms with Gasteiger partial charge >= 0.3 is 5.97 Å². The van der Waals surface area contributed by atoms with Gasteiger partial charge in [-0.05, 0) is 47.4 Å². The van der Waals surface area contributed by atoms with E-state index in [0.717, 1.165) is 35.3 Å². The highest BCUT2D eigenvalue weighted by Gasteiger charge is 2.31. The van der Waals surface area contributed by atoms with Crippen LogP contribution in [0.15, 0.2) is 78.9 Å². The molecule has 0 bridgehead atoms. The predicted octanol–water partition coefficient (Wildman–Crippen LogP) is 4.67. The molecule has 1 unspecified atom stereocenters. The molecule has 0 amide bonds. The molecular formula is C26H27FN2O2. The number of hydrogen-bond donors (Lipinski definition) is 1. The largest absolute Gasteiger partial charge is 0.480 e. The monoisotopic (exact) mass is 418 g/mol. The fourth-order valence-electron chi connectivity index (χ4n) is 4.44. The molecule has 1 heterocycles. The smallest absolute Gasteiger partial charge is 0.317 e. The van der Waals surface area contributed by atoms with Crippen molar-refractivity contribution in [3.8, 4) is 11.1 Å². The van der Waals surface area contributed by atoms with Crippen molar-refractivity contribution in [3.05, 3.63) is 95.8 Å². The summed E-state index contributed by atoms with van der Waals surface area (Å²) in [6.45, 7) is 4.29. The fourth-order valence-corrected chi connectivity index (χ4v) is 4.44. The van der Waals surface area contributed by atoms with E-state index in [9.17, 15) is 14.3 Å². The Bertz CT molecular complexity index is 1020. The number of aliphatic carboxylic acids is 1. The van der Waals surface area contributed by atoms with Gasteiger partial charge in [0.1, 0.15) is 5.82 Å². The molecule has 0 saturated carbocycles. The minimum Gasteiger partial charge on any atom is -0.480 e. The van der Waals surface area contributed by atoms with Crippen LogP contribution in [-0.2, 0) is 4.79 Å². The molecule has 5 heteroatoms. The van der Waals surface area contributed by atoms with Crippen molar-refractivity contribution in [1.29, 1.82) is 0 Å². The molecule has 160 valence electrons. The Labute approximate surface area is 182 Å². The molecule has 1 aliphatic heterocycles. The second-order valence-electron chi connectivity index (χ2n) is 8.15. The van der Waals surface area contributed by atoms with Crippen molar-refractivity contribution >= 4 is 5.97 Å². The Morgan fingerprint density at radius 2 is 1.68 bits per heavy atom. The van der Waals surface area contributed by atoms with Crippen LogP contribution in [0.5, 0.6) is 0 Å². The number of hydrogen-bond acceptors (Lipinski definition) is 3. The van der Waals surface area contributed by atoms with Crippen LogP contribution in [-0.4, -0.2) is 53.1 Å². The molecule has 1 N–H and O–H groups in total. The van der Waals surface area contributed by atoms with E-state index in [0.29, 0.717) is 6.54 Å². The summed E-state index contributed by atoms with van der Waals surface area (Å²) in [6, 6.07) is 25.6. The summed E-state index contributed by atoms with van der Waals surface area (Å²) in [5, 5.41) is 9.19. The summed E-state index contributed by atoms with van der Waals surface area (Å²) in [4.78, 5) is 15.6. The molecule has 4 nitrogen and oxygen atoms in total. The van der Waals surface area contributed by atoms with Gasteiger partial charge in [0.05, 0.1) is 12.6 Å². The summed E-state index contributed by atoms with van der Waals surface area (Å²) in [7, 11) is 0. The first-order valence-corrected chi connectivity index (χ1v) is 10.6. The molecule has 31 heavy (non-hydrogen) atoms. The van der Waals surface area contributed by atoms with Crippen molar-refractivity contribution in [2.45, 2.75) is 19.0 Å². The second kappa shape index (κ2) is 9.41. The zero-order valence-electron chi connectivity index (χ0n) is 17.6. The summed E-state index contributed by atoms with van der Waals surface area (Å²) >= 11 is 0. The number of carbonyl (C=O) groups is 1. The lowest BCUT2D eigenvalue weighted by Gasteiger charge is -2.43.